The van der Waals surface area contributed by atoms with Crippen molar-refractivity contribution in [1.82, 2.24) is 5.32 Å². The van der Waals surface area contributed by atoms with Gasteiger partial charge >= 0.3 is 0 Å². The molecule has 0 radical (unpaired) electrons. The van der Waals surface area contributed by atoms with Crippen LogP contribution in [0.25, 0.3) is 20.5 Å². The van der Waals surface area contributed by atoms with Crippen molar-refractivity contribution < 1.29 is 9.47 Å². The van der Waals surface area contributed by atoms with Crippen molar-refractivity contribution in [3.8, 4) is 21.9 Å². The summed E-state index contributed by atoms with van der Waals surface area (Å²) in [6, 6.07) is 23.8. The van der Waals surface area contributed by atoms with Gasteiger partial charge in [-0.05, 0) is 46.7 Å². The van der Waals surface area contributed by atoms with Gasteiger partial charge in [0, 0.05) is 21.7 Å². The van der Waals surface area contributed by atoms with Gasteiger partial charge in [-0.3, -0.25) is 0 Å². The monoisotopic (exact) mass is 401 g/mol. The fourth-order valence-electron chi connectivity index (χ4n) is 4.30. The fraction of sp³-hybridized carbons (Fsp3) is 0.200. The summed E-state index contributed by atoms with van der Waals surface area (Å²) in [7, 11) is 3.40. The van der Waals surface area contributed by atoms with E-state index in [0.717, 1.165) is 24.5 Å². The summed E-state index contributed by atoms with van der Waals surface area (Å²) < 4.78 is 12.5. The molecular formula is C25H23NO2S. The number of nitrogens with one attached hydrogen (secondary N) is 1. The van der Waals surface area contributed by atoms with Crippen molar-refractivity contribution in [2.24, 2.45) is 0 Å². The van der Waals surface area contributed by atoms with Crippen LogP contribution >= 0.6 is 11.3 Å². The Morgan fingerprint density at radius 2 is 1.62 bits per heavy atom. The molecule has 1 unspecified atom stereocenters. The number of benzene rings is 3. The van der Waals surface area contributed by atoms with Gasteiger partial charge in [0.1, 0.15) is 0 Å². The first-order valence-electron chi connectivity index (χ1n) is 9.85. The van der Waals surface area contributed by atoms with Crippen LogP contribution in [-0.4, -0.2) is 20.8 Å². The quantitative estimate of drug-likeness (QED) is 0.467. The standard InChI is InChI=1S/C25H23NO2S/c1-27-20-14-17-12-13-26-24(19(17)15-21(20)28-2)23-18-10-6-7-11-22(18)29-25(23)16-8-4-3-5-9-16/h3-11,14-15,24,26H,12-13H2,1-2H3. The first-order valence-corrected chi connectivity index (χ1v) is 10.7. The second-order valence-electron chi connectivity index (χ2n) is 7.25. The molecule has 0 amide bonds. The summed E-state index contributed by atoms with van der Waals surface area (Å²) in [5.41, 5.74) is 5.21. The Balaban J connectivity index is 1.76. The highest BCUT2D eigenvalue weighted by Crippen LogP contribution is 2.46. The minimum absolute atomic E-state index is 0.116. The summed E-state index contributed by atoms with van der Waals surface area (Å²) in [4.78, 5) is 1.33. The van der Waals surface area contributed by atoms with Crippen molar-refractivity contribution in [2.45, 2.75) is 12.5 Å². The summed E-state index contributed by atoms with van der Waals surface area (Å²) in [5, 5.41) is 5.10. The van der Waals surface area contributed by atoms with Crippen LogP contribution in [0.5, 0.6) is 11.5 Å². The van der Waals surface area contributed by atoms with Crippen molar-refractivity contribution in [3.63, 3.8) is 0 Å². The summed E-state index contributed by atoms with van der Waals surface area (Å²) >= 11 is 1.87. The first kappa shape index (κ1) is 18.2. The minimum Gasteiger partial charge on any atom is -0.493 e. The van der Waals surface area contributed by atoms with Gasteiger partial charge in [0.25, 0.3) is 0 Å². The Bertz CT molecular complexity index is 1170. The van der Waals surface area contributed by atoms with Crippen molar-refractivity contribution >= 4 is 21.4 Å². The minimum atomic E-state index is 0.116. The van der Waals surface area contributed by atoms with E-state index < -0.39 is 0 Å². The van der Waals surface area contributed by atoms with Crippen LogP contribution < -0.4 is 14.8 Å². The van der Waals surface area contributed by atoms with E-state index in [9.17, 15) is 0 Å². The van der Waals surface area contributed by atoms with Crippen LogP contribution in [-0.2, 0) is 6.42 Å². The SMILES string of the molecule is COc1cc2c(cc1OC)C(c1c(-c3ccccc3)sc3ccccc13)NCC2. The smallest absolute Gasteiger partial charge is 0.161 e. The zero-order valence-corrected chi connectivity index (χ0v) is 17.4. The number of hydrogen-bond donors (Lipinski definition) is 1. The molecule has 0 spiro atoms. The van der Waals surface area contributed by atoms with E-state index in [1.165, 1.54) is 37.2 Å². The van der Waals surface area contributed by atoms with Gasteiger partial charge in [-0.25, -0.2) is 0 Å². The van der Waals surface area contributed by atoms with E-state index in [1.807, 2.05) is 11.3 Å². The molecule has 0 fully saturated rings. The third-order valence-electron chi connectivity index (χ3n) is 5.66. The van der Waals surface area contributed by atoms with Gasteiger partial charge in [0.15, 0.2) is 11.5 Å². The number of fused-ring (bicyclic) bond motifs is 2. The molecule has 29 heavy (non-hydrogen) atoms. The molecule has 0 aliphatic carbocycles. The van der Waals surface area contributed by atoms with Crippen LogP contribution in [0, 0.1) is 0 Å². The predicted molar refractivity (Wildman–Crippen MR) is 120 cm³/mol. The Morgan fingerprint density at radius 1 is 0.897 bits per heavy atom. The second kappa shape index (κ2) is 7.54. The Labute approximate surface area is 174 Å². The van der Waals surface area contributed by atoms with Gasteiger partial charge in [-0.1, -0.05) is 48.5 Å². The van der Waals surface area contributed by atoms with Crippen LogP contribution in [0.3, 0.4) is 0 Å². The number of rotatable bonds is 4. The van der Waals surface area contributed by atoms with Gasteiger partial charge in [0.05, 0.1) is 20.3 Å². The maximum atomic E-state index is 5.62. The van der Waals surface area contributed by atoms with Crippen molar-refractivity contribution in [3.05, 3.63) is 83.4 Å². The molecule has 1 N–H and O–H groups in total. The normalized spacial score (nSPS) is 15.9. The molecule has 1 aliphatic heterocycles. The Morgan fingerprint density at radius 3 is 2.41 bits per heavy atom. The van der Waals surface area contributed by atoms with Crippen LogP contribution in [0.15, 0.2) is 66.7 Å². The van der Waals surface area contributed by atoms with E-state index in [1.54, 1.807) is 14.2 Å². The van der Waals surface area contributed by atoms with Gasteiger partial charge in [-0.2, -0.15) is 0 Å². The van der Waals surface area contributed by atoms with Gasteiger partial charge in [0.2, 0.25) is 0 Å². The highest BCUT2D eigenvalue weighted by Gasteiger charge is 2.28. The first-order chi connectivity index (χ1) is 14.3. The molecule has 1 atom stereocenters. The molecule has 146 valence electrons. The highest BCUT2D eigenvalue weighted by molar-refractivity contribution is 7.22. The molecule has 5 rings (SSSR count). The van der Waals surface area contributed by atoms with Crippen LogP contribution in [0.4, 0.5) is 0 Å². The average Bonchev–Trinajstić information content (AvgIpc) is 3.17. The van der Waals surface area contributed by atoms with E-state index in [-0.39, 0.29) is 6.04 Å². The number of thiophene rings is 1. The molecule has 0 bridgehead atoms. The molecule has 3 aromatic carbocycles. The lowest BCUT2D eigenvalue weighted by atomic mass is 9.87. The molecule has 4 heteroatoms. The summed E-state index contributed by atoms with van der Waals surface area (Å²) in [5.74, 6) is 1.58. The zero-order chi connectivity index (χ0) is 19.8. The lowest BCUT2D eigenvalue weighted by Crippen LogP contribution is -2.30. The lowest BCUT2D eigenvalue weighted by Gasteiger charge is -2.29. The largest absolute Gasteiger partial charge is 0.493 e. The van der Waals surface area contributed by atoms with E-state index >= 15 is 0 Å². The van der Waals surface area contributed by atoms with Crippen molar-refractivity contribution in [2.75, 3.05) is 20.8 Å². The lowest BCUT2D eigenvalue weighted by molar-refractivity contribution is 0.353. The second-order valence-corrected chi connectivity index (χ2v) is 8.30. The maximum Gasteiger partial charge on any atom is 0.161 e. The highest BCUT2D eigenvalue weighted by atomic mass is 32.1. The van der Waals surface area contributed by atoms with Crippen molar-refractivity contribution in [1.29, 1.82) is 0 Å². The van der Waals surface area contributed by atoms with E-state index in [0.29, 0.717) is 0 Å². The molecule has 0 saturated heterocycles. The molecule has 3 nitrogen and oxygen atoms in total. The third kappa shape index (κ3) is 3.09. The Kier molecular flexibility index (Phi) is 4.74. The fourth-order valence-corrected chi connectivity index (χ4v) is 5.54. The zero-order valence-electron chi connectivity index (χ0n) is 16.6. The number of hydrogen-bond acceptors (Lipinski definition) is 4. The molecule has 1 aliphatic rings. The Hall–Kier alpha value is -2.82. The number of ether oxygens (including phenoxy) is 2. The molecular weight excluding hydrogens is 378 g/mol. The average molecular weight is 402 g/mol. The van der Waals surface area contributed by atoms with Crippen LogP contribution in [0.1, 0.15) is 22.7 Å². The molecule has 0 saturated carbocycles. The third-order valence-corrected chi connectivity index (χ3v) is 6.89. The molecule has 2 heterocycles. The predicted octanol–water partition coefficient (Wildman–Crippen LogP) is 5.82. The van der Waals surface area contributed by atoms with E-state index in [2.05, 4.69) is 72.0 Å². The van der Waals surface area contributed by atoms with Gasteiger partial charge < -0.3 is 14.8 Å². The van der Waals surface area contributed by atoms with E-state index in [4.69, 9.17) is 9.47 Å². The molecule has 4 aromatic rings. The summed E-state index contributed by atoms with van der Waals surface area (Å²) in [6.45, 7) is 0.936. The number of methoxy groups -OCH3 is 2. The maximum absolute atomic E-state index is 5.62. The van der Waals surface area contributed by atoms with Crippen LogP contribution in [0.2, 0.25) is 0 Å². The topological polar surface area (TPSA) is 30.5 Å². The summed E-state index contributed by atoms with van der Waals surface area (Å²) in [6.07, 6.45) is 0.981. The molecule has 1 aromatic heterocycles. The van der Waals surface area contributed by atoms with Gasteiger partial charge in [-0.15, -0.1) is 11.3 Å².